The van der Waals surface area contributed by atoms with Gasteiger partial charge in [-0.15, -0.1) is 0 Å². The van der Waals surface area contributed by atoms with Gasteiger partial charge in [0.2, 0.25) is 11.8 Å². The van der Waals surface area contributed by atoms with Crippen molar-refractivity contribution in [3.05, 3.63) is 35.9 Å². The van der Waals surface area contributed by atoms with E-state index in [1.54, 1.807) is 11.8 Å². The van der Waals surface area contributed by atoms with E-state index < -0.39 is 0 Å². The SMILES string of the molecule is CCOC(=O)N1CCN(C(=O)C2CCN(C(=O)Cc3ccccc3)CC2)CC1. The average Bonchev–Trinajstić information content (AvgIpc) is 2.74. The van der Waals surface area contributed by atoms with Gasteiger partial charge in [0.15, 0.2) is 0 Å². The highest BCUT2D eigenvalue weighted by Crippen LogP contribution is 2.21. The Labute approximate surface area is 166 Å². The van der Waals surface area contributed by atoms with Crippen molar-refractivity contribution in [2.45, 2.75) is 26.2 Å². The van der Waals surface area contributed by atoms with Crippen LogP contribution >= 0.6 is 0 Å². The van der Waals surface area contributed by atoms with E-state index in [0.717, 1.165) is 5.56 Å². The number of piperidine rings is 1. The summed E-state index contributed by atoms with van der Waals surface area (Å²) in [5.41, 5.74) is 1.02. The van der Waals surface area contributed by atoms with Crippen LogP contribution in [0.3, 0.4) is 0 Å². The average molecular weight is 387 g/mol. The van der Waals surface area contributed by atoms with Gasteiger partial charge in [0.25, 0.3) is 0 Å². The number of carbonyl (C=O) groups is 3. The predicted molar refractivity (Wildman–Crippen MR) is 105 cm³/mol. The summed E-state index contributed by atoms with van der Waals surface area (Å²) in [6, 6.07) is 9.75. The third-order valence-electron chi connectivity index (χ3n) is 5.51. The maximum Gasteiger partial charge on any atom is 0.409 e. The molecule has 2 aliphatic rings. The number of benzene rings is 1. The fourth-order valence-corrected chi connectivity index (χ4v) is 3.84. The molecule has 7 nitrogen and oxygen atoms in total. The lowest BCUT2D eigenvalue weighted by atomic mass is 9.94. The lowest BCUT2D eigenvalue weighted by Gasteiger charge is -2.38. The largest absolute Gasteiger partial charge is 0.450 e. The molecule has 2 heterocycles. The zero-order chi connectivity index (χ0) is 19.9. The molecule has 0 atom stereocenters. The molecule has 0 aliphatic carbocycles. The molecule has 7 heteroatoms. The van der Waals surface area contributed by atoms with Gasteiger partial charge < -0.3 is 19.4 Å². The van der Waals surface area contributed by atoms with E-state index in [1.807, 2.05) is 40.1 Å². The van der Waals surface area contributed by atoms with Crippen molar-refractivity contribution in [1.82, 2.24) is 14.7 Å². The van der Waals surface area contributed by atoms with Gasteiger partial charge in [-0.25, -0.2) is 4.79 Å². The van der Waals surface area contributed by atoms with E-state index in [0.29, 0.717) is 65.1 Å². The summed E-state index contributed by atoms with van der Waals surface area (Å²) in [7, 11) is 0. The first-order valence-electron chi connectivity index (χ1n) is 10.1. The van der Waals surface area contributed by atoms with Gasteiger partial charge in [0, 0.05) is 45.2 Å². The number of nitrogens with zero attached hydrogens (tertiary/aromatic N) is 3. The van der Waals surface area contributed by atoms with Gasteiger partial charge in [-0.2, -0.15) is 0 Å². The molecule has 2 saturated heterocycles. The van der Waals surface area contributed by atoms with Gasteiger partial charge in [0.1, 0.15) is 0 Å². The number of hydrogen-bond donors (Lipinski definition) is 0. The lowest BCUT2D eigenvalue weighted by Crippen LogP contribution is -2.53. The van der Waals surface area contributed by atoms with Crippen molar-refractivity contribution >= 4 is 17.9 Å². The van der Waals surface area contributed by atoms with Crippen molar-refractivity contribution < 1.29 is 19.1 Å². The molecule has 152 valence electrons. The lowest BCUT2D eigenvalue weighted by molar-refractivity contribution is -0.141. The summed E-state index contributed by atoms with van der Waals surface area (Å²) in [6.07, 6.45) is 1.52. The number of likely N-dealkylation sites (tertiary alicyclic amines) is 1. The molecule has 3 rings (SSSR count). The quantitative estimate of drug-likeness (QED) is 0.790. The van der Waals surface area contributed by atoms with Crippen LogP contribution in [0.1, 0.15) is 25.3 Å². The van der Waals surface area contributed by atoms with Gasteiger partial charge in [-0.1, -0.05) is 30.3 Å². The van der Waals surface area contributed by atoms with E-state index >= 15 is 0 Å². The van der Waals surface area contributed by atoms with Crippen LogP contribution in [0.25, 0.3) is 0 Å². The second-order valence-corrected chi connectivity index (χ2v) is 7.33. The van der Waals surface area contributed by atoms with Gasteiger partial charge in [-0.05, 0) is 25.3 Å². The molecule has 0 unspecified atom stereocenters. The Morgan fingerprint density at radius 3 is 2.11 bits per heavy atom. The van der Waals surface area contributed by atoms with E-state index in [9.17, 15) is 14.4 Å². The molecule has 1 aromatic carbocycles. The Bertz CT molecular complexity index is 678. The molecule has 0 saturated carbocycles. The van der Waals surface area contributed by atoms with Gasteiger partial charge >= 0.3 is 6.09 Å². The highest BCUT2D eigenvalue weighted by Gasteiger charge is 2.32. The number of piperazine rings is 1. The molecule has 0 N–H and O–H groups in total. The summed E-state index contributed by atoms with van der Waals surface area (Å²) in [5, 5.41) is 0. The molecule has 0 bridgehead atoms. The summed E-state index contributed by atoms with van der Waals surface area (Å²) in [6.45, 7) is 5.53. The topological polar surface area (TPSA) is 70.2 Å². The van der Waals surface area contributed by atoms with E-state index in [2.05, 4.69) is 0 Å². The predicted octanol–water partition coefficient (Wildman–Crippen LogP) is 1.77. The first kappa shape index (κ1) is 20.2. The molecule has 1 aromatic rings. The van der Waals surface area contributed by atoms with Crippen LogP contribution in [0.5, 0.6) is 0 Å². The third kappa shape index (κ3) is 5.03. The van der Waals surface area contributed by atoms with Crippen LogP contribution in [0, 0.1) is 5.92 Å². The van der Waals surface area contributed by atoms with Crippen LogP contribution in [-0.4, -0.2) is 78.5 Å². The standard InChI is InChI=1S/C21H29N3O4/c1-2-28-21(27)24-14-12-23(13-15-24)20(26)18-8-10-22(11-9-18)19(25)16-17-6-4-3-5-7-17/h3-7,18H,2,8-16H2,1H3. The highest BCUT2D eigenvalue weighted by atomic mass is 16.6. The van der Waals surface area contributed by atoms with Crippen molar-refractivity contribution in [1.29, 1.82) is 0 Å². The van der Waals surface area contributed by atoms with Crippen LogP contribution in [-0.2, 0) is 20.7 Å². The van der Waals surface area contributed by atoms with Gasteiger partial charge in [0.05, 0.1) is 13.0 Å². The molecular formula is C21H29N3O4. The molecule has 0 aromatic heterocycles. The van der Waals surface area contributed by atoms with E-state index in [1.165, 1.54) is 0 Å². The summed E-state index contributed by atoms with van der Waals surface area (Å²) in [5.74, 6) is 0.244. The normalized spacial score (nSPS) is 18.1. The van der Waals surface area contributed by atoms with E-state index in [4.69, 9.17) is 4.74 Å². The summed E-state index contributed by atoms with van der Waals surface area (Å²) < 4.78 is 5.02. The smallest absolute Gasteiger partial charge is 0.409 e. The minimum atomic E-state index is -0.306. The zero-order valence-corrected chi connectivity index (χ0v) is 16.5. The minimum absolute atomic E-state index is 0.0325. The minimum Gasteiger partial charge on any atom is -0.450 e. The Morgan fingerprint density at radius 1 is 0.893 bits per heavy atom. The summed E-state index contributed by atoms with van der Waals surface area (Å²) in [4.78, 5) is 42.4. The van der Waals surface area contributed by atoms with Crippen LogP contribution in [0.2, 0.25) is 0 Å². The van der Waals surface area contributed by atoms with Crippen LogP contribution in [0.15, 0.2) is 30.3 Å². The van der Waals surface area contributed by atoms with Crippen molar-refractivity contribution in [3.63, 3.8) is 0 Å². The highest BCUT2D eigenvalue weighted by molar-refractivity contribution is 5.81. The Balaban J connectivity index is 1.43. The van der Waals surface area contributed by atoms with Crippen LogP contribution < -0.4 is 0 Å². The third-order valence-corrected chi connectivity index (χ3v) is 5.51. The molecule has 2 fully saturated rings. The fraction of sp³-hybridized carbons (Fsp3) is 0.571. The molecule has 0 radical (unpaired) electrons. The molecule has 0 spiro atoms. The van der Waals surface area contributed by atoms with Crippen molar-refractivity contribution in [2.75, 3.05) is 45.9 Å². The molecular weight excluding hydrogens is 358 g/mol. The number of amides is 3. The maximum atomic E-state index is 12.8. The van der Waals surface area contributed by atoms with Crippen molar-refractivity contribution in [3.8, 4) is 0 Å². The number of carbonyl (C=O) groups excluding carboxylic acids is 3. The molecule has 28 heavy (non-hydrogen) atoms. The maximum absolute atomic E-state index is 12.8. The summed E-state index contributed by atoms with van der Waals surface area (Å²) >= 11 is 0. The zero-order valence-electron chi connectivity index (χ0n) is 16.5. The van der Waals surface area contributed by atoms with Crippen molar-refractivity contribution in [2.24, 2.45) is 5.92 Å². The number of rotatable bonds is 4. The number of ether oxygens (including phenoxy) is 1. The molecule has 3 amide bonds. The fourth-order valence-electron chi connectivity index (χ4n) is 3.84. The van der Waals surface area contributed by atoms with E-state index in [-0.39, 0.29) is 23.8 Å². The Hall–Kier alpha value is -2.57. The Morgan fingerprint density at radius 2 is 1.50 bits per heavy atom. The Kier molecular flexibility index (Phi) is 6.90. The molecule has 2 aliphatic heterocycles. The second kappa shape index (κ2) is 9.57. The number of hydrogen-bond acceptors (Lipinski definition) is 4. The monoisotopic (exact) mass is 387 g/mol. The first-order chi connectivity index (χ1) is 13.6. The second-order valence-electron chi connectivity index (χ2n) is 7.33. The first-order valence-corrected chi connectivity index (χ1v) is 10.1. The van der Waals surface area contributed by atoms with Crippen LogP contribution in [0.4, 0.5) is 4.79 Å². The van der Waals surface area contributed by atoms with Gasteiger partial charge in [-0.3, -0.25) is 9.59 Å².